The van der Waals surface area contributed by atoms with Crippen molar-refractivity contribution < 1.29 is 37.0 Å². The van der Waals surface area contributed by atoms with E-state index in [-0.39, 0.29) is 29.0 Å². The minimum atomic E-state index is -4.56. The molecule has 1 N–H and O–H groups in total. The van der Waals surface area contributed by atoms with Crippen LogP contribution in [0.25, 0.3) is 5.76 Å². The maximum Gasteiger partial charge on any atom is 0.416 e. The van der Waals surface area contributed by atoms with Gasteiger partial charge in [-0.1, -0.05) is 31.9 Å². The molecule has 0 radical (unpaired) electrons. The van der Waals surface area contributed by atoms with Crippen LogP contribution in [0.3, 0.4) is 0 Å². The van der Waals surface area contributed by atoms with Gasteiger partial charge in [0.25, 0.3) is 11.7 Å². The molecule has 1 saturated heterocycles. The Hall–Kier alpha value is -4.01. The van der Waals surface area contributed by atoms with Gasteiger partial charge < -0.3 is 19.2 Å². The number of ether oxygens (including phenoxy) is 1. The molecule has 1 fully saturated rings. The number of carbonyl (C=O) groups excluding carboxylic acids is 2. The lowest BCUT2D eigenvalue weighted by atomic mass is 9.99. The number of aryl methyl sites for hydroxylation is 1. The Kier molecular flexibility index (Phi) is 7.94. The van der Waals surface area contributed by atoms with Gasteiger partial charge in [-0.2, -0.15) is 13.2 Å². The van der Waals surface area contributed by atoms with Crippen LogP contribution in [0.15, 0.2) is 70.7 Å². The second kappa shape index (κ2) is 11.2. The Bertz CT molecular complexity index is 1340. The lowest BCUT2D eigenvalue weighted by Crippen LogP contribution is -2.29. The van der Waals surface area contributed by atoms with E-state index in [0.29, 0.717) is 18.1 Å². The van der Waals surface area contributed by atoms with E-state index < -0.39 is 35.2 Å². The van der Waals surface area contributed by atoms with Crippen molar-refractivity contribution in [2.24, 2.45) is 0 Å². The second-order valence-electron chi connectivity index (χ2n) is 9.15. The first-order chi connectivity index (χ1) is 18.1. The number of alkyl halides is 3. The number of Topliss-reactive ketones (excluding diaryl/α,β-unsaturated/α-hetero) is 1. The standard InChI is InChI=1S/C29H28F3NO5/c1-3-4-5-15-37-22-12-10-20(11-13-22)26(34)24-25(23-14-9-18(2)38-23)33(28(36)27(24)35)17-19-7-6-8-21(16-19)29(30,31)32/h6-14,16,25,34H,3-5,15,17H2,1-2H3/b26-24-. The van der Waals surface area contributed by atoms with E-state index in [0.717, 1.165) is 36.3 Å². The molecule has 3 aromatic rings. The molecule has 1 atom stereocenters. The fourth-order valence-electron chi connectivity index (χ4n) is 4.39. The highest BCUT2D eigenvalue weighted by Crippen LogP contribution is 2.41. The lowest BCUT2D eigenvalue weighted by Gasteiger charge is -2.24. The van der Waals surface area contributed by atoms with Crippen LogP contribution in [-0.2, 0) is 22.3 Å². The first-order valence-electron chi connectivity index (χ1n) is 12.3. The van der Waals surface area contributed by atoms with Gasteiger partial charge in [0.1, 0.15) is 29.1 Å². The van der Waals surface area contributed by atoms with E-state index in [2.05, 4.69) is 6.92 Å². The molecule has 2 aromatic carbocycles. The van der Waals surface area contributed by atoms with E-state index in [1.165, 1.54) is 12.1 Å². The van der Waals surface area contributed by atoms with Gasteiger partial charge in [0.05, 0.1) is 17.7 Å². The minimum absolute atomic E-state index is 0.180. The van der Waals surface area contributed by atoms with E-state index in [9.17, 15) is 27.9 Å². The van der Waals surface area contributed by atoms with Gasteiger partial charge in [-0.15, -0.1) is 0 Å². The number of amides is 1. The number of furan rings is 1. The van der Waals surface area contributed by atoms with Crippen molar-refractivity contribution >= 4 is 17.4 Å². The number of unbranched alkanes of at least 4 members (excludes halogenated alkanes) is 2. The molecule has 1 amide bonds. The predicted octanol–water partition coefficient (Wildman–Crippen LogP) is 6.80. The third-order valence-corrected chi connectivity index (χ3v) is 6.32. The summed E-state index contributed by atoms with van der Waals surface area (Å²) in [5, 5.41) is 11.2. The van der Waals surface area contributed by atoms with Gasteiger partial charge in [-0.25, -0.2) is 0 Å². The van der Waals surface area contributed by atoms with Crippen LogP contribution in [0.2, 0.25) is 0 Å². The molecule has 38 heavy (non-hydrogen) atoms. The summed E-state index contributed by atoms with van der Waals surface area (Å²) in [6.45, 7) is 4.04. The predicted molar refractivity (Wildman–Crippen MR) is 134 cm³/mol. The van der Waals surface area contributed by atoms with Crippen LogP contribution in [0, 0.1) is 6.92 Å². The summed E-state index contributed by atoms with van der Waals surface area (Å²) in [6.07, 6.45) is -1.53. The van der Waals surface area contributed by atoms with Gasteiger partial charge in [0.15, 0.2) is 0 Å². The summed E-state index contributed by atoms with van der Waals surface area (Å²) < 4.78 is 51.2. The highest BCUT2D eigenvalue weighted by Gasteiger charge is 2.47. The molecule has 9 heteroatoms. The third-order valence-electron chi connectivity index (χ3n) is 6.32. The Labute approximate surface area is 218 Å². The number of carbonyl (C=O) groups is 2. The van der Waals surface area contributed by atoms with Gasteiger partial charge in [0.2, 0.25) is 0 Å². The van der Waals surface area contributed by atoms with Crippen molar-refractivity contribution in [2.75, 3.05) is 6.61 Å². The summed E-state index contributed by atoms with van der Waals surface area (Å²) in [5.41, 5.74) is -0.599. The van der Waals surface area contributed by atoms with Gasteiger partial charge >= 0.3 is 6.18 Å². The minimum Gasteiger partial charge on any atom is -0.507 e. The molecule has 0 saturated carbocycles. The molecular formula is C29H28F3NO5. The number of rotatable bonds is 9. The largest absolute Gasteiger partial charge is 0.507 e. The number of ketones is 1. The molecule has 1 aromatic heterocycles. The molecule has 0 spiro atoms. The summed E-state index contributed by atoms with van der Waals surface area (Å²) in [5.74, 6) is -0.986. The van der Waals surface area contributed by atoms with Crippen LogP contribution in [0.5, 0.6) is 5.75 Å². The maximum absolute atomic E-state index is 13.3. The number of nitrogens with zero attached hydrogens (tertiary/aromatic N) is 1. The second-order valence-corrected chi connectivity index (χ2v) is 9.15. The van der Waals surface area contributed by atoms with E-state index in [4.69, 9.17) is 9.15 Å². The Morgan fingerprint density at radius 1 is 1.05 bits per heavy atom. The van der Waals surface area contributed by atoms with Gasteiger partial charge in [0, 0.05) is 12.1 Å². The molecule has 2 heterocycles. The molecular weight excluding hydrogens is 499 g/mol. The van der Waals surface area contributed by atoms with E-state index in [1.807, 2.05) is 0 Å². The number of aliphatic hydroxyl groups excluding tert-OH is 1. The molecule has 1 aliphatic heterocycles. The number of hydrogen-bond donors (Lipinski definition) is 1. The Morgan fingerprint density at radius 3 is 2.42 bits per heavy atom. The number of hydrogen-bond acceptors (Lipinski definition) is 5. The van der Waals surface area contributed by atoms with Crippen LogP contribution in [-0.4, -0.2) is 28.3 Å². The van der Waals surface area contributed by atoms with Crippen molar-refractivity contribution in [1.82, 2.24) is 4.90 Å². The highest BCUT2D eigenvalue weighted by molar-refractivity contribution is 6.46. The monoisotopic (exact) mass is 527 g/mol. The molecule has 0 aliphatic carbocycles. The van der Waals surface area contributed by atoms with Crippen molar-refractivity contribution in [3.8, 4) is 5.75 Å². The van der Waals surface area contributed by atoms with Gasteiger partial charge in [-0.05, 0) is 67.4 Å². The van der Waals surface area contributed by atoms with Crippen molar-refractivity contribution in [3.05, 3.63) is 94.4 Å². The van der Waals surface area contributed by atoms with Crippen LogP contribution in [0.4, 0.5) is 13.2 Å². The average Bonchev–Trinajstić information content (AvgIpc) is 3.42. The summed E-state index contributed by atoms with van der Waals surface area (Å²) in [4.78, 5) is 27.4. The SMILES string of the molecule is CCCCCOc1ccc(/C(O)=C2/C(=O)C(=O)N(Cc3cccc(C(F)(F)F)c3)C2c2ccc(C)o2)cc1. The molecule has 1 unspecified atom stereocenters. The molecule has 4 rings (SSSR count). The van der Waals surface area contributed by atoms with Gasteiger partial charge in [-0.3, -0.25) is 9.59 Å². The van der Waals surface area contributed by atoms with E-state index in [1.54, 1.807) is 43.3 Å². The van der Waals surface area contributed by atoms with Crippen molar-refractivity contribution in [1.29, 1.82) is 0 Å². The zero-order valence-electron chi connectivity index (χ0n) is 21.0. The first kappa shape index (κ1) is 27.0. The van der Waals surface area contributed by atoms with Crippen LogP contribution < -0.4 is 4.74 Å². The molecule has 200 valence electrons. The molecule has 1 aliphatic rings. The molecule has 0 bridgehead atoms. The topological polar surface area (TPSA) is 80.0 Å². The summed E-state index contributed by atoms with van der Waals surface area (Å²) in [7, 11) is 0. The number of likely N-dealkylation sites (tertiary alicyclic amines) is 1. The van der Waals surface area contributed by atoms with Crippen molar-refractivity contribution in [3.63, 3.8) is 0 Å². The fraction of sp³-hybridized carbons (Fsp3) is 0.310. The number of halogens is 3. The zero-order valence-corrected chi connectivity index (χ0v) is 21.0. The molecule has 6 nitrogen and oxygen atoms in total. The zero-order chi connectivity index (χ0) is 27.4. The summed E-state index contributed by atoms with van der Waals surface area (Å²) >= 11 is 0. The quantitative estimate of drug-likeness (QED) is 0.143. The van der Waals surface area contributed by atoms with Crippen molar-refractivity contribution in [2.45, 2.75) is 51.9 Å². The Balaban J connectivity index is 1.69. The smallest absolute Gasteiger partial charge is 0.416 e. The Morgan fingerprint density at radius 2 is 1.79 bits per heavy atom. The normalized spacial score (nSPS) is 17.3. The number of aliphatic hydroxyl groups is 1. The summed E-state index contributed by atoms with van der Waals surface area (Å²) in [6, 6.07) is 13.1. The third kappa shape index (κ3) is 5.77. The van der Waals surface area contributed by atoms with Crippen LogP contribution >= 0.6 is 0 Å². The maximum atomic E-state index is 13.3. The first-order valence-corrected chi connectivity index (χ1v) is 12.3. The lowest BCUT2D eigenvalue weighted by molar-refractivity contribution is -0.140. The average molecular weight is 528 g/mol. The highest BCUT2D eigenvalue weighted by atomic mass is 19.4. The van der Waals surface area contributed by atoms with Crippen LogP contribution in [0.1, 0.15) is 60.4 Å². The fourth-order valence-corrected chi connectivity index (χ4v) is 4.39. The number of benzene rings is 2. The van der Waals surface area contributed by atoms with E-state index >= 15 is 0 Å².